The number of aromatic amines is 1. The zero-order valence-electron chi connectivity index (χ0n) is 17.6. The average molecular weight is 540 g/mol. The van der Waals surface area contributed by atoms with Crippen molar-refractivity contribution >= 4 is 58.8 Å². The fourth-order valence-corrected chi connectivity index (χ4v) is 6.29. The van der Waals surface area contributed by atoms with Crippen molar-refractivity contribution in [3.05, 3.63) is 45.7 Å². The van der Waals surface area contributed by atoms with E-state index >= 15 is 0 Å². The molecular weight excluding hydrogens is 522 g/mol. The Labute approximate surface area is 210 Å². The second-order valence-electron chi connectivity index (χ2n) is 7.47. The van der Waals surface area contributed by atoms with E-state index in [0.29, 0.717) is 5.57 Å². The van der Waals surface area contributed by atoms with Crippen LogP contribution in [-0.2, 0) is 14.4 Å². The van der Waals surface area contributed by atoms with Gasteiger partial charge in [-0.1, -0.05) is 29.4 Å². The molecule has 1 aromatic carbocycles. The second-order valence-corrected chi connectivity index (χ2v) is 9.94. The van der Waals surface area contributed by atoms with Crippen LogP contribution in [-0.4, -0.2) is 77.1 Å². The molecule has 0 spiro atoms. The maximum Gasteiger partial charge on any atom is 0.352 e. The number of nitrogens with two attached hydrogens (primary N) is 2. The number of aromatic nitrogens is 3. The summed E-state index contributed by atoms with van der Waals surface area (Å²) in [5.74, 6) is -3.07. The van der Waals surface area contributed by atoms with Gasteiger partial charge in [0.2, 0.25) is 5.91 Å². The molecule has 1 aromatic heterocycles. The summed E-state index contributed by atoms with van der Waals surface area (Å²) in [6.07, 6.45) is 0. The number of thioether (sulfide) groups is 2. The van der Waals surface area contributed by atoms with Crippen LogP contribution in [0.4, 0.5) is 0 Å². The molecule has 184 valence electrons. The van der Waals surface area contributed by atoms with Gasteiger partial charge in [-0.15, -0.1) is 22.0 Å². The number of carboxylic acids is 1. The Kier molecular flexibility index (Phi) is 6.93. The molecule has 2 unspecified atom stereocenters. The van der Waals surface area contributed by atoms with Crippen LogP contribution in [0, 0.1) is 0 Å². The van der Waals surface area contributed by atoms with Crippen molar-refractivity contribution in [1.29, 1.82) is 0 Å². The van der Waals surface area contributed by atoms with Crippen molar-refractivity contribution in [1.82, 2.24) is 25.6 Å². The molecule has 0 radical (unpaired) electrons. The van der Waals surface area contributed by atoms with Gasteiger partial charge in [0.25, 0.3) is 11.8 Å². The highest BCUT2D eigenvalue weighted by Crippen LogP contribution is 2.42. The van der Waals surface area contributed by atoms with Gasteiger partial charge in [-0.25, -0.2) is 4.79 Å². The number of nitrogens with one attached hydrogen (secondary N) is 2. The smallest absolute Gasteiger partial charge is 0.352 e. The molecule has 3 amide bonds. The van der Waals surface area contributed by atoms with Crippen LogP contribution in [0.5, 0.6) is 5.75 Å². The maximum absolute atomic E-state index is 12.8. The number of carbonyl (C=O) groups excluding carboxylic acids is 3. The van der Waals surface area contributed by atoms with Gasteiger partial charge in [0.05, 0.1) is 0 Å². The number of carbonyl (C=O) groups is 4. The number of phenolic OH excluding ortho intramolecular Hbond substituents is 1. The van der Waals surface area contributed by atoms with E-state index in [-0.39, 0.29) is 44.3 Å². The summed E-state index contributed by atoms with van der Waals surface area (Å²) in [5.41, 5.74) is 11.7. The van der Waals surface area contributed by atoms with Crippen molar-refractivity contribution < 1.29 is 29.4 Å². The monoisotopic (exact) mass is 539 g/mol. The van der Waals surface area contributed by atoms with Gasteiger partial charge in [0.15, 0.2) is 10.7 Å². The standard InChI is InChI=1S/C19H18ClN7O6S2/c20-9-3-7(28)1-2-8(9)10(21)15(30)23-12-17(31)27-13(19(32)33)6(5-35-18(12)27)4-34-16-11(14(22)29)24-26-25-16/h1-3,10,12,18,28H,4-5,21H2,(H2,22,29)(H,23,30)(H,32,33)(H,24,25,26)/t10?,12?,18-/m1/s1. The number of H-pyrrole nitrogens is 1. The Morgan fingerprint density at radius 1 is 1.37 bits per heavy atom. The SMILES string of the molecule is NC(=O)c1n[nH]nc1SCC1=C(C(=O)O)N2C(=O)C(NC(=O)C(N)c3ccc(O)cc3Cl)[C@H]2SC1. The number of benzene rings is 1. The summed E-state index contributed by atoms with van der Waals surface area (Å²) >= 11 is 8.38. The molecule has 1 fully saturated rings. The summed E-state index contributed by atoms with van der Waals surface area (Å²) in [4.78, 5) is 50.1. The zero-order chi connectivity index (χ0) is 25.4. The minimum absolute atomic E-state index is 0.0679. The van der Waals surface area contributed by atoms with Crippen LogP contribution < -0.4 is 16.8 Å². The van der Waals surface area contributed by atoms with Crippen LogP contribution in [0.15, 0.2) is 34.5 Å². The number of nitrogens with zero attached hydrogens (tertiary/aromatic N) is 3. The molecule has 1 saturated heterocycles. The number of hydrogen-bond acceptors (Lipinski definition) is 10. The molecule has 2 aliphatic rings. The van der Waals surface area contributed by atoms with E-state index in [0.717, 1.165) is 16.7 Å². The number of rotatable bonds is 8. The Hall–Kier alpha value is -3.27. The molecular formula is C19H18ClN7O6S2. The molecule has 3 heterocycles. The number of primary amides is 1. The van der Waals surface area contributed by atoms with Crippen molar-refractivity contribution in [2.75, 3.05) is 11.5 Å². The third-order valence-corrected chi connectivity index (χ3v) is 8.00. The summed E-state index contributed by atoms with van der Waals surface area (Å²) in [6, 6.07) is 1.79. The number of phenols is 1. The summed E-state index contributed by atoms with van der Waals surface area (Å²) in [7, 11) is 0. The zero-order valence-corrected chi connectivity index (χ0v) is 20.0. The van der Waals surface area contributed by atoms with E-state index in [2.05, 4.69) is 20.7 Å². The van der Waals surface area contributed by atoms with Gasteiger partial charge in [0, 0.05) is 16.5 Å². The molecule has 4 rings (SSSR count). The molecule has 35 heavy (non-hydrogen) atoms. The first-order valence-corrected chi connectivity index (χ1v) is 12.3. The highest BCUT2D eigenvalue weighted by molar-refractivity contribution is 8.01. The number of β-lactam (4-membered cyclic amide) rings is 1. The lowest BCUT2D eigenvalue weighted by Gasteiger charge is -2.49. The Morgan fingerprint density at radius 3 is 2.77 bits per heavy atom. The minimum Gasteiger partial charge on any atom is -0.508 e. The lowest BCUT2D eigenvalue weighted by Crippen LogP contribution is -2.71. The number of amides is 3. The summed E-state index contributed by atoms with van der Waals surface area (Å²) in [6.45, 7) is 0. The average Bonchev–Trinajstić information content (AvgIpc) is 3.28. The predicted molar refractivity (Wildman–Crippen MR) is 125 cm³/mol. The van der Waals surface area contributed by atoms with Gasteiger partial charge in [0.1, 0.15) is 28.9 Å². The molecule has 2 aromatic rings. The van der Waals surface area contributed by atoms with Gasteiger partial charge in [-0.05, 0) is 23.3 Å². The van der Waals surface area contributed by atoms with Crippen LogP contribution in [0.2, 0.25) is 5.02 Å². The van der Waals surface area contributed by atoms with Crippen LogP contribution >= 0.6 is 35.1 Å². The van der Waals surface area contributed by atoms with E-state index in [1.165, 1.54) is 30.0 Å². The number of halogens is 1. The molecule has 0 bridgehead atoms. The lowest BCUT2D eigenvalue weighted by atomic mass is 10.0. The van der Waals surface area contributed by atoms with E-state index in [9.17, 15) is 29.4 Å². The first-order valence-electron chi connectivity index (χ1n) is 9.87. The topological polar surface area (TPSA) is 218 Å². The molecule has 0 aliphatic carbocycles. The first-order chi connectivity index (χ1) is 16.6. The van der Waals surface area contributed by atoms with Crippen LogP contribution in [0.25, 0.3) is 0 Å². The van der Waals surface area contributed by atoms with Crippen molar-refractivity contribution in [2.24, 2.45) is 11.5 Å². The summed E-state index contributed by atoms with van der Waals surface area (Å²) < 4.78 is 0. The van der Waals surface area contributed by atoms with Crippen LogP contribution in [0.1, 0.15) is 22.1 Å². The quantitative estimate of drug-likeness (QED) is 0.190. The Morgan fingerprint density at radius 2 is 2.11 bits per heavy atom. The largest absolute Gasteiger partial charge is 0.508 e. The molecule has 0 saturated carbocycles. The van der Waals surface area contributed by atoms with Gasteiger partial charge >= 0.3 is 5.97 Å². The molecule has 8 N–H and O–H groups in total. The van der Waals surface area contributed by atoms with E-state index in [1.54, 1.807) is 0 Å². The third-order valence-electron chi connectivity index (χ3n) is 5.28. The molecule has 3 atom stereocenters. The van der Waals surface area contributed by atoms with E-state index < -0.39 is 41.1 Å². The molecule has 16 heteroatoms. The fraction of sp³-hybridized carbons (Fsp3) is 0.263. The predicted octanol–water partition coefficient (Wildman–Crippen LogP) is -0.207. The fourth-order valence-electron chi connectivity index (χ4n) is 3.58. The van der Waals surface area contributed by atoms with Crippen molar-refractivity contribution in [2.45, 2.75) is 22.5 Å². The van der Waals surface area contributed by atoms with Gasteiger partial charge in [-0.3, -0.25) is 19.3 Å². The van der Waals surface area contributed by atoms with Crippen molar-refractivity contribution in [3.8, 4) is 5.75 Å². The molecule has 2 aliphatic heterocycles. The number of fused-ring (bicyclic) bond motifs is 1. The Bertz CT molecular complexity index is 1270. The van der Waals surface area contributed by atoms with E-state index in [1.807, 2.05) is 0 Å². The first kappa shape index (κ1) is 24.8. The van der Waals surface area contributed by atoms with Gasteiger partial charge in [-0.2, -0.15) is 5.21 Å². The number of hydrogen-bond donors (Lipinski definition) is 6. The highest BCUT2D eigenvalue weighted by Gasteiger charge is 2.54. The van der Waals surface area contributed by atoms with E-state index in [4.69, 9.17) is 23.1 Å². The normalized spacial score (nSPS) is 20.2. The van der Waals surface area contributed by atoms with Gasteiger partial charge < -0.3 is 27.0 Å². The lowest BCUT2D eigenvalue weighted by molar-refractivity contribution is -0.150. The highest BCUT2D eigenvalue weighted by atomic mass is 35.5. The maximum atomic E-state index is 12.8. The third kappa shape index (κ3) is 4.67. The number of aliphatic carboxylic acids is 1. The minimum atomic E-state index is -1.30. The summed E-state index contributed by atoms with van der Waals surface area (Å²) in [5, 5.41) is 31.3. The Balaban J connectivity index is 1.47. The second kappa shape index (κ2) is 9.77. The van der Waals surface area contributed by atoms with Crippen molar-refractivity contribution in [3.63, 3.8) is 0 Å². The molecule has 13 nitrogen and oxygen atoms in total. The number of aromatic hydroxyl groups is 1. The van der Waals surface area contributed by atoms with Crippen LogP contribution in [0.3, 0.4) is 0 Å². The number of carboxylic acid groups (broad SMARTS) is 1.